The molecule has 0 unspecified atom stereocenters. The fourth-order valence-corrected chi connectivity index (χ4v) is 5.89. The normalized spacial score (nSPS) is 26.7. The van der Waals surface area contributed by atoms with Crippen LogP contribution in [0.3, 0.4) is 0 Å². The van der Waals surface area contributed by atoms with Crippen molar-refractivity contribution < 1.29 is 34.0 Å². The molecule has 0 aromatic heterocycles. The van der Waals surface area contributed by atoms with Crippen LogP contribution in [0.4, 0.5) is 0 Å². The van der Waals surface area contributed by atoms with Crippen LogP contribution in [0.2, 0.25) is 0 Å². The standard InChI is InChI=1S/C32H30O7/c33-24-17-26(21-10-5-2-6-11-21)38-31-29-22-16-23(12-7-13-28(35)37-27(29)18-25(34)30(24)31)39-32(36,19-22)15-14-20-8-3-1-4-9-20/h1-6,8-11,14-15,18,22-23,26,34,36H,7,12-13,16-17,19H2/b15-14+/t22-,23-,26-,32+/m1/s1. The van der Waals surface area contributed by atoms with E-state index >= 15 is 0 Å². The Morgan fingerprint density at radius 3 is 2.51 bits per heavy atom. The fraction of sp³-hybridized carbons (Fsp3) is 0.312. The lowest BCUT2D eigenvalue weighted by atomic mass is 9.79. The molecule has 0 saturated carbocycles. The van der Waals surface area contributed by atoms with Crippen LogP contribution in [-0.4, -0.2) is 33.9 Å². The van der Waals surface area contributed by atoms with Crippen molar-refractivity contribution in [1.29, 1.82) is 0 Å². The number of aliphatic hydroxyl groups is 1. The summed E-state index contributed by atoms with van der Waals surface area (Å²) in [6.07, 6.45) is 4.61. The molecule has 0 radical (unpaired) electrons. The molecule has 6 rings (SSSR count). The minimum absolute atomic E-state index is 0.0727. The minimum atomic E-state index is -1.59. The van der Waals surface area contributed by atoms with Gasteiger partial charge in [0.1, 0.15) is 28.9 Å². The van der Waals surface area contributed by atoms with Gasteiger partial charge in [0.15, 0.2) is 11.6 Å². The molecular formula is C32H30O7. The molecule has 1 saturated heterocycles. The highest BCUT2D eigenvalue weighted by atomic mass is 16.6. The minimum Gasteiger partial charge on any atom is -0.507 e. The number of esters is 1. The molecule has 1 fully saturated rings. The van der Waals surface area contributed by atoms with E-state index in [9.17, 15) is 19.8 Å². The first-order valence-electron chi connectivity index (χ1n) is 13.4. The third-order valence-corrected chi connectivity index (χ3v) is 7.67. The van der Waals surface area contributed by atoms with Gasteiger partial charge < -0.3 is 24.4 Å². The van der Waals surface area contributed by atoms with E-state index in [1.54, 1.807) is 6.08 Å². The Labute approximate surface area is 226 Å². The van der Waals surface area contributed by atoms with Crippen LogP contribution in [0.1, 0.15) is 77.6 Å². The molecular weight excluding hydrogens is 496 g/mol. The SMILES string of the molecule is O=C1CCC[C@@H]2C[C@H](C[C@](O)(/C=C/c3ccccc3)O2)c2c(cc(O)c3c2O[C@@H](c2ccccc2)CC3=O)O1. The van der Waals surface area contributed by atoms with E-state index in [-0.39, 0.29) is 59.9 Å². The van der Waals surface area contributed by atoms with Crippen molar-refractivity contribution in [1.82, 2.24) is 0 Å². The second-order valence-corrected chi connectivity index (χ2v) is 10.5. The van der Waals surface area contributed by atoms with Gasteiger partial charge in [-0.2, -0.15) is 0 Å². The highest BCUT2D eigenvalue weighted by Gasteiger charge is 2.44. The van der Waals surface area contributed by atoms with Crippen molar-refractivity contribution in [2.45, 2.75) is 62.4 Å². The summed E-state index contributed by atoms with van der Waals surface area (Å²) in [6.45, 7) is 0. The number of rotatable bonds is 3. The van der Waals surface area contributed by atoms with Crippen molar-refractivity contribution in [2.24, 2.45) is 0 Å². The topological polar surface area (TPSA) is 102 Å². The highest BCUT2D eigenvalue weighted by molar-refractivity contribution is 6.03. The van der Waals surface area contributed by atoms with Crippen molar-refractivity contribution in [3.05, 3.63) is 95.1 Å². The number of ketones is 1. The van der Waals surface area contributed by atoms with Crippen LogP contribution in [-0.2, 0) is 9.53 Å². The van der Waals surface area contributed by atoms with Crippen molar-refractivity contribution in [2.75, 3.05) is 0 Å². The van der Waals surface area contributed by atoms with Gasteiger partial charge in [0.25, 0.3) is 0 Å². The first-order chi connectivity index (χ1) is 18.9. The van der Waals surface area contributed by atoms with Gasteiger partial charge in [-0.3, -0.25) is 9.59 Å². The summed E-state index contributed by atoms with van der Waals surface area (Å²) in [4.78, 5) is 26.0. The van der Waals surface area contributed by atoms with Crippen LogP contribution in [0, 0.1) is 0 Å². The number of phenolic OH excluding ortho intramolecular Hbond substituents is 1. The zero-order valence-corrected chi connectivity index (χ0v) is 21.4. The third-order valence-electron chi connectivity index (χ3n) is 7.67. The van der Waals surface area contributed by atoms with E-state index in [4.69, 9.17) is 14.2 Å². The van der Waals surface area contributed by atoms with Crippen molar-refractivity contribution >= 4 is 17.8 Å². The first kappa shape index (κ1) is 25.3. The zero-order chi connectivity index (χ0) is 27.0. The summed E-state index contributed by atoms with van der Waals surface area (Å²) in [7, 11) is 0. The van der Waals surface area contributed by atoms with Crippen LogP contribution in [0.25, 0.3) is 6.08 Å². The monoisotopic (exact) mass is 526 g/mol. The second-order valence-electron chi connectivity index (χ2n) is 10.5. The molecule has 0 aliphatic carbocycles. The van der Waals surface area contributed by atoms with Gasteiger partial charge >= 0.3 is 5.97 Å². The number of hydrogen-bond acceptors (Lipinski definition) is 7. The lowest BCUT2D eigenvalue weighted by molar-refractivity contribution is -0.227. The summed E-state index contributed by atoms with van der Waals surface area (Å²) < 4.78 is 18.4. The lowest BCUT2D eigenvalue weighted by Gasteiger charge is -2.42. The Hall–Kier alpha value is -3.94. The van der Waals surface area contributed by atoms with E-state index in [1.807, 2.05) is 66.7 Å². The van der Waals surface area contributed by atoms with Crippen LogP contribution < -0.4 is 9.47 Å². The highest BCUT2D eigenvalue weighted by Crippen LogP contribution is 2.53. The Morgan fingerprint density at radius 1 is 1.00 bits per heavy atom. The number of aromatic hydroxyl groups is 1. The number of hydrogen-bond donors (Lipinski definition) is 2. The molecule has 3 aliphatic rings. The van der Waals surface area contributed by atoms with Gasteiger partial charge in [0.05, 0.1) is 12.5 Å². The van der Waals surface area contributed by atoms with E-state index in [1.165, 1.54) is 6.07 Å². The summed E-state index contributed by atoms with van der Waals surface area (Å²) in [5.74, 6) is -2.57. The Bertz CT molecular complexity index is 1420. The van der Waals surface area contributed by atoms with Crippen molar-refractivity contribution in [3.8, 4) is 17.2 Å². The maximum atomic E-state index is 13.3. The molecule has 3 heterocycles. The average molecular weight is 527 g/mol. The predicted molar refractivity (Wildman–Crippen MR) is 144 cm³/mol. The zero-order valence-electron chi connectivity index (χ0n) is 21.4. The number of Topliss-reactive ketones (excluding diaryl/α,β-unsaturated/α-hetero) is 1. The lowest BCUT2D eigenvalue weighted by Crippen LogP contribution is -2.42. The molecule has 4 atom stereocenters. The molecule has 7 heteroatoms. The van der Waals surface area contributed by atoms with Gasteiger partial charge in [0, 0.05) is 24.5 Å². The van der Waals surface area contributed by atoms with Gasteiger partial charge in [-0.05, 0) is 42.4 Å². The fourth-order valence-electron chi connectivity index (χ4n) is 5.89. The summed E-state index contributed by atoms with van der Waals surface area (Å²) in [5, 5.41) is 22.5. The van der Waals surface area contributed by atoms with Crippen LogP contribution in [0.5, 0.6) is 17.2 Å². The Balaban J connectivity index is 1.45. The second kappa shape index (κ2) is 10.3. The summed E-state index contributed by atoms with van der Waals surface area (Å²) in [5.41, 5.74) is 2.34. The molecule has 2 bridgehead atoms. The van der Waals surface area contributed by atoms with E-state index < -0.39 is 17.9 Å². The van der Waals surface area contributed by atoms with Gasteiger partial charge in [-0.25, -0.2) is 0 Å². The van der Waals surface area contributed by atoms with E-state index in [2.05, 4.69) is 0 Å². The van der Waals surface area contributed by atoms with Crippen LogP contribution >= 0.6 is 0 Å². The predicted octanol–water partition coefficient (Wildman–Crippen LogP) is 5.85. The third kappa shape index (κ3) is 5.20. The molecule has 0 spiro atoms. The molecule has 7 nitrogen and oxygen atoms in total. The van der Waals surface area contributed by atoms with Crippen LogP contribution in [0.15, 0.2) is 72.8 Å². The first-order valence-corrected chi connectivity index (χ1v) is 13.4. The number of carbonyl (C=O) groups excluding carboxylic acids is 2. The van der Waals surface area contributed by atoms with E-state index in [0.29, 0.717) is 24.8 Å². The van der Waals surface area contributed by atoms with Crippen molar-refractivity contribution in [3.63, 3.8) is 0 Å². The molecule has 0 amide bonds. The average Bonchev–Trinajstić information content (AvgIpc) is 2.92. The molecule has 3 aliphatic heterocycles. The summed E-state index contributed by atoms with van der Waals surface area (Å²) >= 11 is 0. The van der Waals surface area contributed by atoms with E-state index in [0.717, 1.165) is 11.1 Å². The number of phenols is 1. The molecule has 2 N–H and O–H groups in total. The maximum Gasteiger partial charge on any atom is 0.311 e. The van der Waals surface area contributed by atoms with Gasteiger partial charge in [0.2, 0.25) is 0 Å². The number of fused-ring (bicyclic) bond motifs is 6. The quantitative estimate of drug-likeness (QED) is 0.326. The Morgan fingerprint density at radius 2 is 1.74 bits per heavy atom. The molecule has 3 aromatic carbocycles. The van der Waals surface area contributed by atoms with Gasteiger partial charge in [-0.1, -0.05) is 66.7 Å². The number of benzene rings is 3. The number of ether oxygens (including phenoxy) is 3. The number of carbonyl (C=O) groups is 2. The largest absolute Gasteiger partial charge is 0.507 e. The molecule has 3 aromatic rings. The van der Waals surface area contributed by atoms with Gasteiger partial charge in [-0.15, -0.1) is 0 Å². The maximum absolute atomic E-state index is 13.3. The Kier molecular flexibility index (Phi) is 6.71. The molecule has 200 valence electrons. The summed E-state index contributed by atoms with van der Waals surface area (Å²) in [6, 6.07) is 20.4. The smallest absolute Gasteiger partial charge is 0.311 e. The molecule has 39 heavy (non-hydrogen) atoms.